The van der Waals surface area contributed by atoms with Gasteiger partial charge in [0.25, 0.3) is 0 Å². The van der Waals surface area contributed by atoms with Crippen LogP contribution in [0.25, 0.3) is 11.3 Å². The highest BCUT2D eigenvalue weighted by Crippen LogP contribution is 2.31. The Morgan fingerprint density at radius 3 is 2.53 bits per heavy atom. The molecule has 154 valence electrons. The molecule has 3 aromatic rings. The largest absolute Gasteiger partial charge is 0.495 e. The first-order valence-corrected chi connectivity index (χ1v) is 10.2. The zero-order chi connectivity index (χ0) is 20.9. The number of hydrogen-bond donors (Lipinski definition) is 2. The fourth-order valence-electron chi connectivity index (χ4n) is 3.49. The molecule has 1 aliphatic heterocycles. The Kier molecular flexibility index (Phi) is 6.05. The molecule has 0 radical (unpaired) electrons. The van der Waals surface area contributed by atoms with Crippen LogP contribution in [0.5, 0.6) is 5.75 Å². The topological polar surface area (TPSA) is 66.5 Å². The van der Waals surface area contributed by atoms with E-state index < -0.39 is 0 Å². The van der Waals surface area contributed by atoms with Gasteiger partial charge in [-0.2, -0.15) is 0 Å². The number of rotatable bonds is 5. The number of benzene rings is 2. The summed E-state index contributed by atoms with van der Waals surface area (Å²) in [6.07, 6.45) is 2.40. The minimum Gasteiger partial charge on any atom is -0.495 e. The second-order valence-corrected chi connectivity index (χ2v) is 7.51. The van der Waals surface area contributed by atoms with E-state index in [1.807, 2.05) is 36.4 Å². The number of aromatic nitrogens is 1. The molecule has 0 bridgehead atoms. The minimum atomic E-state index is -0.369. The number of nitrogens with zero attached hydrogens (tertiary/aromatic N) is 2. The first-order chi connectivity index (χ1) is 14.6. The highest BCUT2D eigenvalue weighted by Gasteiger charge is 2.15. The summed E-state index contributed by atoms with van der Waals surface area (Å²) in [5.41, 5.74) is 2.96. The summed E-state index contributed by atoms with van der Waals surface area (Å²) in [4.78, 5) is 19.6. The van der Waals surface area contributed by atoms with Crippen LogP contribution in [0.4, 0.5) is 22.0 Å². The van der Waals surface area contributed by atoms with E-state index in [0.717, 1.165) is 30.2 Å². The Morgan fingerprint density at radius 1 is 1.03 bits per heavy atom. The second-order valence-electron chi connectivity index (χ2n) is 7.08. The van der Waals surface area contributed by atoms with Gasteiger partial charge < -0.3 is 20.3 Å². The number of carbonyl (C=O) groups is 1. The van der Waals surface area contributed by atoms with Crippen molar-refractivity contribution in [2.75, 3.05) is 35.7 Å². The fourth-order valence-corrected chi connectivity index (χ4v) is 3.62. The molecular weight excluding hydrogens is 400 g/mol. The van der Waals surface area contributed by atoms with Crippen molar-refractivity contribution in [3.8, 4) is 17.0 Å². The molecule has 6 nitrogen and oxygen atoms in total. The van der Waals surface area contributed by atoms with Gasteiger partial charge >= 0.3 is 6.03 Å². The van der Waals surface area contributed by atoms with Crippen molar-refractivity contribution in [3.05, 3.63) is 65.7 Å². The lowest BCUT2D eigenvalue weighted by Gasteiger charge is -2.17. The van der Waals surface area contributed by atoms with E-state index in [1.54, 1.807) is 31.4 Å². The number of anilines is 3. The summed E-state index contributed by atoms with van der Waals surface area (Å²) in [6.45, 7) is 2.08. The number of carbonyl (C=O) groups excluding carboxylic acids is 1. The van der Waals surface area contributed by atoms with Crippen LogP contribution in [-0.2, 0) is 0 Å². The molecule has 1 fully saturated rings. The summed E-state index contributed by atoms with van der Waals surface area (Å²) in [5.74, 6) is 1.55. The lowest BCUT2D eigenvalue weighted by molar-refractivity contribution is 0.262. The molecule has 0 atom stereocenters. The van der Waals surface area contributed by atoms with Crippen molar-refractivity contribution >= 4 is 34.8 Å². The van der Waals surface area contributed by atoms with Gasteiger partial charge in [-0.05, 0) is 67.4 Å². The van der Waals surface area contributed by atoms with E-state index >= 15 is 0 Å². The van der Waals surface area contributed by atoms with Crippen molar-refractivity contribution in [2.24, 2.45) is 0 Å². The summed E-state index contributed by atoms with van der Waals surface area (Å²) in [6, 6.07) is 18.2. The normalized spacial score (nSPS) is 13.2. The molecule has 1 aromatic heterocycles. The van der Waals surface area contributed by atoms with E-state index in [0.29, 0.717) is 22.1 Å². The Bertz CT molecular complexity index is 1030. The highest BCUT2D eigenvalue weighted by molar-refractivity contribution is 6.30. The van der Waals surface area contributed by atoms with Crippen LogP contribution in [0.15, 0.2) is 60.7 Å². The van der Waals surface area contributed by atoms with Crippen LogP contribution in [0.1, 0.15) is 12.8 Å². The molecule has 2 amide bonds. The standard InChI is InChI=1S/C23H23ClN4O2/c1-30-21-12-7-16(19-5-4-6-22(26-19)28-13-2-3-14-28)15-20(21)27-23(29)25-18-10-8-17(24)9-11-18/h4-12,15H,2-3,13-14H2,1H3,(H2,25,27,29). The van der Waals surface area contributed by atoms with Gasteiger partial charge in [-0.15, -0.1) is 0 Å². The molecule has 0 saturated carbocycles. The van der Waals surface area contributed by atoms with Gasteiger partial charge in [0.1, 0.15) is 11.6 Å². The predicted molar refractivity (Wildman–Crippen MR) is 122 cm³/mol. The maximum Gasteiger partial charge on any atom is 0.323 e. The molecule has 1 aliphatic rings. The summed E-state index contributed by atoms with van der Waals surface area (Å²) < 4.78 is 5.42. The Morgan fingerprint density at radius 2 is 1.80 bits per heavy atom. The van der Waals surface area contributed by atoms with Crippen LogP contribution >= 0.6 is 11.6 Å². The van der Waals surface area contributed by atoms with Crippen molar-refractivity contribution < 1.29 is 9.53 Å². The van der Waals surface area contributed by atoms with Crippen LogP contribution in [0.3, 0.4) is 0 Å². The lowest BCUT2D eigenvalue weighted by Crippen LogP contribution is -2.20. The fraction of sp³-hybridized carbons (Fsp3) is 0.217. The number of ether oxygens (including phenoxy) is 1. The average molecular weight is 423 g/mol. The number of hydrogen-bond acceptors (Lipinski definition) is 4. The van der Waals surface area contributed by atoms with E-state index in [2.05, 4.69) is 15.5 Å². The predicted octanol–water partition coefficient (Wildman–Crippen LogP) is 5.65. The highest BCUT2D eigenvalue weighted by atomic mass is 35.5. The maximum absolute atomic E-state index is 12.5. The van der Waals surface area contributed by atoms with E-state index in [4.69, 9.17) is 21.3 Å². The minimum absolute atomic E-state index is 0.369. The van der Waals surface area contributed by atoms with Crippen LogP contribution in [0.2, 0.25) is 5.02 Å². The molecule has 2 heterocycles. The third-order valence-electron chi connectivity index (χ3n) is 5.01. The molecule has 0 unspecified atom stereocenters. The molecule has 1 saturated heterocycles. The van der Waals surface area contributed by atoms with Crippen molar-refractivity contribution in [1.29, 1.82) is 0 Å². The van der Waals surface area contributed by atoms with Gasteiger partial charge in [-0.3, -0.25) is 0 Å². The molecule has 2 aromatic carbocycles. The zero-order valence-corrected chi connectivity index (χ0v) is 17.4. The third-order valence-corrected chi connectivity index (χ3v) is 5.26. The third kappa shape index (κ3) is 4.66. The number of amides is 2. The second kappa shape index (κ2) is 9.05. The van der Waals surface area contributed by atoms with Crippen LogP contribution in [0, 0.1) is 0 Å². The number of urea groups is 1. The molecule has 0 spiro atoms. The Balaban J connectivity index is 1.55. The number of pyridine rings is 1. The molecule has 4 rings (SSSR count). The zero-order valence-electron chi connectivity index (χ0n) is 16.7. The van der Waals surface area contributed by atoms with E-state index in [-0.39, 0.29) is 6.03 Å². The monoisotopic (exact) mass is 422 g/mol. The quantitative estimate of drug-likeness (QED) is 0.557. The number of methoxy groups -OCH3 is 1. The van der Waals surface area contributed by atoms with Crippen LogP contribution < -0.4 is 20.3 Å². The smallest absolute Gasteiger partial charge is 0.323 e. The first kappa shape index (κ1) is 20.0. The summed E-state index contributed by atoms with van der Waals surface area (Å²) >= 11 is 5.89. The number of nitrogens with one attached hydrogen (secondary N) is 2. The van der Waals surface area contributed by atoms with Crippen molar-refractivity contribution in [2.45, 2.75) is 12.8 Å². The Hall–Kier alpha value is -3.25. The maximum atomic E-state index is 12.5. The Labute approximate surface area is 180 Å². The summed E-state index contributed by atoms with van der Waals surface area (Å²) in [5, 5.41) is 6.26. The van der Waals surface area contributed by atoms with E-state index in [9.17, 15) is 4.79 Å². The van der Waals surface area contributed by atoms with Gasteiger partial charge in [0.2, 0.25) is 0 Å². The van der Waals surface area contributed by atoms with Gasteiger partial charge in [0, 0.05) is 29.4 Å². The van der Waals surface area contributed by atoms with Crippen LogP contribution in [-0.4, -0.2) is 31.2 Å². The van der Waals surface area contributed by atoms with Gasteiger partial charge in [-0.25, -0.2) is 9.78 Å². The lowest BCUT2D eigenvalue weighted by atomic mass is 10.1. The SMILES string of the molecule is COc1ccc(-c2cccc(N3CCCC3)n2)cc1NC(=O)Nc1ccc(Cl)cc1. The number of halogens is 1. The van der Waals surface area contributed by atoms with Crippen molar-refractivity contribution in [3.63, 3.8) is 0 Å². The van der Waals surface area contributed by atoms with Crippen molar-refractivity contribution in [1.82, 2.24) is 4.98 Å². The van der Waals surface area contributed by atoms with Gasteiger partial charge in [0.15, 0.2) is 0 Å². The van der Waals surface area contributed by atoms with E-state index in [1.165, 1.54) is 12.8 Å². The first-order valence-electron chi connectivity index (χ1n) is 9.86. The molecule has 7 heteroatoms. The van der Waals surface area contributed by atoms with Gasteiger partial charge in [-0.1, -0.05) is 17.7 Å². The van der Waals surface area contributed by atoms with Gasteiger partial charge in [0.05, 0.1) is 18.5 Å². The molecule has 30 heavy (non-hydrogen) atoms. The molecule has 0 aliphatic carbocycles. The molecular formula is C23H23ClN4O2. The summed E-state index contributed by atoms with van der Waals surface area (Å²) in [7, 11) is 1.57. The molecule has 2 N–H and O–H groups in total. The average Bonchev–Trinajstić information content (AvgIpc) is 3.30.